The van der Waals surface area contributed by atoms with Crippen molar-refractivity contribution in [2.24, 2.45) is 5.92 Å². The smallest absolute Gasteiger partial charge is 0.228 e. The second kappa shape index (κ2) is 5.92. The first-order valence-electron chi connectivity index (χ1n) is 8.58. The van der Waals surface area contributed by atoms with Crippen LogP contribution in [0.5, 0.6) is 0 Å². The zero-order valence-electron chi connectivity index (χ0n) is 13.9. The fourth-order valence-electron chi connectivity index (χ4n) is 3.92. The molecular formula is C18H22N4O2. The normalized spacial score (nSPS) is 24.8. The lowest BCUT2D eigenvalue weighted by Crippen LogP contribution is -2.43. The largest absolute Gasteiger partial charge is 0.345 e. The van der Waals surface area contributed by atoms with Gasteiger partial charge in [0.05, 0.1) is 5.92 Å². The highest BCUT2D eigenvalue weighted by atomic mass is 16.2. The Morgan fingerprint density at radius 2 is 2.25 bits per heavy atom. The van der Waals surface area contributed by atoms with E-state index in [0.717, 1.165) is 42.7 Å². The maximum Gasteiger partial charge on any atom is 0.228 e. The Hall–Kier alpha value is -2.37. The van der Waals surface area contributed by atoms with Crippen molar-refractivity contribution in [1.29, 1.82) is 0 Å². The maximum atomic E-state index is 12.8. The zero-order valence-corrected chi connectivity index (χ0v) is 13.9. The molecule has 2 amide bonds. The van der Waals surface area contributed by atoms with Crippen LogP contribution in [0.3, 0.4) is 0 Å². The molecule has 24 heavy (non-hydrogen) atoms. The molecule has 2 atom stereocenters. The summed E-state index contributed by atoms with van der Waals surface area (Å²) in [6.45, 7) is 2.07. The fourth-order valence-corrected chi connectivity index (χ4v) is 3.92. The molecule has 2 fully saturated rings. The van der Waals surface area contributed by atoms with Crippen LogP contribution >= 0.6 is 0 Å². The molecule has 0 saturated carbocycles. The van der Waals surface area contributed by atoms with E-state index in [-0.39, 0.29) is 17.7 Å². The summed E-state index contributed by atoms with van der Waals surface area (Å²) in [5.74, 6) is 0.340. The highest BCUT2D eigenvalue weighted by Crippen LogP contribution is 2.30. The van der Waals surface area contributed by atoms with Crippen molar-refractivity contribution in [3.05, 3.63) is 30.1 Å². The van der Waals surface area contributed by atoms with Crippen molar-refractivity contribution in [2.75, 3.05) is 26.7 Å². The molecule has 6 nitrogen and oxygen atoms in total. The number of nitrogens with one attached hydrogen (secondary N) is 1. The van der Waals surface area contributed by atoms with Crippen LogP contribution in [0.2, 0.25) is 0 Å². The first-order chi connectivity index (χ1) is 11.6. The van der Waals surface area contributed by atoms with Crippen molar-refractivity contribution < 1.29 is 9.59 Å². The lowest BCUT2D eigenvalue weighted by atomic mass is 9.93. The first-order valence-corrected chi connectivity index (χ1v) is 8.58. The summed E-state index contributed by atoms with van der Waals surface area (Å²) in [6.07, 6.45) is 4.20. The molecule has 0 radical (unpaired) electrons. The van der Waals surface area contributed by atoms with Crippen LogP contribution in [0.25, 0.3) is 11.0 Å². The van der Waals surface area contributed by atoms with Crippen molar-refractivity contribution in [3.8, 4) is 0 Å². The lowest BCUT2D eigenvalue weighted by Gasteiger charge is -2.33. The molecule has 2 aromatic heterocycles. The van der Waals surface area contributed by atoms with Gasteiger partial charge in [-0.2, -0.15) is 0 Å². The summed E-state index contributed by atoms with van der Waals surface area (Å²) in [5, 5.41) is 1.11. The van der Waals surface area contributed by atoms with E-state index < -0.39 is 0 Å². The molecule has 4 rings (SSSR count). The molecule has 126 valence electrons. The molecular weight excluding hydrogens is 304 g/mol. The van der Waals surface area contributed by atoms with E-state index in [2.05, 4.69) is 16.0 Å². The number of rotatable bonds is 2. The van der Waals surface area contributed by atoms with Gasteiger partial charge in [-0.25, -0.2) is 4.98 Å². The summed E-state index contributed by atoms with van der Waals surface area (Å²) in [4.78, 5) is 35.8. The summed E-state index contributed by atoms with van der Waals surface area (Å²) in [5.41, 5.74) is 2.06. The third kappa shape index (κ3) is 2.66. The zero-order chi connectivity index (χ0) is 16.7. The molecule has 1 N–H and O–H groups in total. The van der Waals surface area contributed by atoms with Crippen LogP contribution in [-0.2, 0) is 9.59 Å². The van der Waals surface area contributed by atoms with Crippen LogP contribution in [0, 0.1) is 5.92 Å². The Kier molecular flexibility index (Phi) is 3.75. The third-order valence-electron chi connectivity index (χ3n) is 5.28. The van der Waals surface area contributed by atoms with Gasteiger partial charge in [0.1, 0.15) is 5.65 Å². The number of piperidine rings is 1. The first kappa shape index (κ1) is 15.2. The second-order valence-corrected chi connectivity index (χ2v) is 6.96. The number of aromatic amines is 1. The number of aromatic nitrogens is 2. The Morgan fingerprint density at radius 3 is 3.00 bits per heavy atom. The molecule has 2 aliphatic heterocycles. The number of nitrogens with zero attached hydrogens (tertiary/aromatic N) is 3. The van der Waals surface area contributed by atoms with E-state index in [4.69, 9.17) is 0 Å². The topological polar surface area (TPSA) is 69.3 Å². The van der Waals surface area contributed by atoms with Gasteiger partial charge in [0.25, 0.3) is 0 Å². The highest BCUT2D eigenvalue weighted by Gasteiger charge is 2.36. The van der Waals surface area contributed by atoms with Gasteiger partial charge in [-0.15, -0.1) is 0 Å². The number of amides is 2. The van der Waals surface area contributed by atoms with Gasteiger partial charge in [0.2, 0.25) is 11.8 Å². The van der Waals surface area contributed by atoms with E-state index in [9.17, 15) is 9.59 Å². The second-order valence-electron chi connectivity index (χ2n) is 6.96. The van der Waals surface area contributed by atoms with Gasteiger partial charge in [0.15, 0.2) is 0 Å². The summed E-state index contributed by atoms with van der Waals surface area (Å²) in [6, 6.07) is 6.13. The summed E-state index contributed by atoms with van der Waals surface area (Å²) < 4.78 is 0. The van der Waals surface area contributed by atoms with Crippen LogP contribution in [-0.4, -0.2) is 58.3 Å². The minimum Gasteiger partial charge on any atom is -0.345 e. The Morgan fingerprint density at radius 1 is 1.38 bits per heavy atom. The van der Waals surface area contributed by atoms with Crippen LogP contribution in [0.1, 0.15) is 30.9 Å². The van der Waals surface area contributed by atoms with Crippen LogP contribution < -0.4 is 0 Å². The molecule has 0 spiro atoms. The maximum absolute atomic E-state index is 12.8. The minimum absolute atomic E-state index is 0.0728. The van der Waals surface area contributed by atoms with Crippen molar-refractivity contribution >= 4 is 22.8 Å². The van der Waals surface area contributed by atoms with E-state index in [1.807, 2.05) is 17.0 Å². The Bertz CT molecular complexity index is 751. The predicted molar refractivity (Wildman–Crippen MR) is 90.4 cm³/mol. The van der Waals surface area contributed by atoms with Crippen molar-refractivity contribution in [2.45, 2.75) is 25.2 Å². The predicted octanol–water partition coefficient (Wildman–Crippen LogP) is 1.75. The molecule has 0 bridgehead atoms. The molecule has 0 unspecified atom stereocenters. The van der Waals surface area contributed by atoms with Gasteiger partial charge >= 0.3 is 0 Å². The molecule has 4 heterocycles. The SMILES string of the molecule is CN1C[C@H](C(=O)N2CCC[C@H](c3cc4cccnc4[nH]3)C2)CC1=O. The quantitative estimate of drug-likeness (QED) is 0.914. The molecule has 0 aromatic carbocycles. The van der Waals surface area contributed by atoms with Gasteiger partial charge in [0, 0.05) is 56.3 Å². The minimum atomic E-state index is -0.175. The van der Waals surface area contributed by atoms with Gasteiger partial charge < -0.3 is 14.8 Å². The number of fused-ring (bicyclic) bond motifs is 1. The van der Waals surface area contributed by atoms with E-state index in [1.165, 1.54) is 0 Å². The van der Waals surface area contributed by atoms with Crippen molar-refractivity contribution in [1.82, 2.24) is 19.8 Å². The van der Waals surface area contributed by atoms with Crippen LogP contribution in [0.15, 0.2) is 24.4 Å². The van der Waals surface area contributed by atoms with Crippen molar-refractivity contribution in [3.63, 3.8) is 0 Å². The number of carbonyl (C=O) groups is 2. The molecule has 0 aliphatic carbocycles. The molecule has 2 saturated heterocycles. The molecule has 2 aliphatic rings. The number of hydrogen-bond acceptors (Lipinski definition) is 3. The average molecular weight is 326 g/mol. The van der Waals surface area contributed by atoms with Gasteiger partial charge in [-0.1, -0.05) is 0 Å². The highest BCUT2D eigenvalue weighted by molar-refractivity contribution is 5.89. The lowest BCUT2D eigenvalue weighted by molar-refractivity contribution is -0.137. The number of H-pyrrole nitrogens is 1. The van der Waals surface area contributed by atoms with E-state index in [1.54, 1.807) is 18.1 Å². The van der Waals surface area contributed by atoms with Gasteiger partial charge in [-0.3, -0.25) is 9.59 Å². The Balaban J connectivity index is 1.49. The van der Waals surface area contributed by atoms with E-state index in [0.29, 0.717) is 18.9 Å². The average Bonchev–Trinajstić information content (AvgIpc) is 3.18. The third-order valence-corrected chi connectivity index (χ3v) is 5.28. The number of likely N-dealkylation sites (tertiary alicyclic amines) is 2. The van der Waals surface area contributed by atoms with Gasteiger partial charge in [-0.05, 0) is 31.0 Å². The monoisotopic (exact) mass is 326 g/mol. The van der Waals surface area contributed by atoms with Crippen LogP contribution in [0.4, 0.5) is 0 Å². The number of pyridine rings is 1. The Labute approximate surface area is 140 Å². The number of carbonyl (C=O) groups excluding carboxylic acids is 2. The molecule has 6 heteroatoms. The summed E-state index contributed by atoms with van der Waals surface area (Å²) >= 11 is 0. The standard InChI is InChI=1S/C18H22N4O2/c1-21-10-14(9-16(21)23)18(24)22-7-3-5-13(11-22)15-8-12-4-2-6-19-17(12)20-15/h2,4,6,8,13-14H,3,5,7,9-11H2,1H3,(H,19,20)/t13-,14+/m0/s1. The number of hydrogen-bond donors (Lipinski definition) is 1. The fraction of sp³-hybridized carbons (Fsp3) is 0.500. The summed E-state index contributed by atoms with van der Waals surface area (Å²) in [7, 11) is 1.77. The molecule has 2 aromatic rings. The van der Waals surface area contributed by atoms with E-state index >= 15 is 0 Å².